The molecule has 180 valence electrons. The smallest absolute Gasteiger partial charge is 0.264 e. The largest absolute Gasteiger partial charge is 0.396 e. The molecule has 1 aliphatic rings. The van der Waals surface area contributed by atoms with Crippen LogP contribution in [0.15, 0.2) is 89.4 Å². The van der Waals surface area contributed by atoms with E-state index in [4.69, 9.17) is 5.11 Å². The second kappa shape index (κ2) is 10.6. The minimum absolute atomic E-state index is 0.000976. The van der Waals surface area contributed by atoms with Gasteiger partial charge in [-0.3, -0.25) is 14.5 Å². The molecule has 6 nitrogen and oxygen atoms in total. The van der Waals surface area contributed by atoms with Crippen LogP contribution in [-0.4, -0.2) is 29.1 Å². The highest BCUT2D eigenvalue weighted by molar-refractivity contribution is 9.10. The number of aliphatic hydroxyl groups is 2. The Morgan fingerprint density at radius 1 is 1.06 bits per heavy atom. The molecule has 0 saturated heterocycles. The van der Waals surface area contributed by atoms with Crippen LogP contribution in [0.25, 0.3) is 0 Å². The molecular weight excluding hydrogens is 508 g/mol. The van der Waals surface area contributed by atoms with Gasteiger partial charge in [0.15, 0.2) is 5.60 Å². The first-order chi connectivity index (χ1) is 16.9. The number of benzene rings is 3. The molecule has 0 fully saturated rings. The van der Waals surface area contributed by atoms with Gasteiger partial charge in [-0.25, -0.2) is 0 Å². The number of amides is 2. The van der Waals surface area contributed by atoms with Crippen molar-refractivity contribution in [3.05, 3.63) is 101 Å². The summed E-state index contributed by atoms with van der Waals surface area (Å²) in [5, 5.41) is 20.8. The maximum Gasteiger partial charge on any atom is 0.264 e. The zero-order valence-corrected chi connectivity index (χ0v) is 20.9. The van der Waals surface area contributed by atoms with Crippen LogP contribution in [0.2, 0.25) is 0 Å². The molecule has 2 N–H and O–H groups in total. The number of hydrogen-bond donors (Lipinski definition) is 2. The Morgan fingerprint density at radius 2 is 1.80 bits per heavy atom. The summed E-state index contributed by atoms with van der Waals surface area (Å²) in [6, 6.07) is 22.2. The summed E-state index contributed by atoms with van der Waals surface area (Å²) in [7, 11) is 0. The van der Waals surface area contributed by atoms with Crippen molar-refractivity contribution in [2.24, 2.45) is 5.92 Å². The predicted molar refractivity (Wildman–Crippen MR) is 140 cm³/mol. The lowest BCUT2D eigenvalue weighted by molar-refractivity contribution is -0.139. The number of carbonyl (C=O) groups excluding carboxylic acids is 2. The molecule has 0 bridgehead atoms. The predicted octanol–water partition coefficient (Wildman–Crippen LogP) is 5.05. The number of fused-ring (bicyclic) bond motifs is 1. The molecule has 0 saturated carbocycles. The summed E-state index contributed by atoms with van der Waals surface area (Å²) >= 11 is 3.46. The third-order valence-electron chi connectivity index (χ3n) is 6.28. The molecule has 1 aliphatic heterocycles. The highest BCUT2D eigenvalue weighted by Crippen LogP contribution is 2.46. The first kappa shape index (κ1) is 24.9. The van der Waals surface area contributed by atoms with Crippen molar-refractivity contribution in [2.45, 2.75) is 25.5 Å². The fraction of sp³-hybridized carbons (Fsp3) is 0.214. The topological polar surface area (TPSA) is 81.1 Å². The van der Waals surface area contributed by atoms with E-state index in [2.05, 4.69) is 15.9 Å². The molecular formula is C28H27BrN2O4. The van der Waals surface area contributed by atoms with E-state index in [9.17, 15) is 14.7 Å². The lowest BCUT2D eigenvalue weighted by Gasteiger charge is -2.28. The standard InChI is InChI=1S/C28H27BrN2O4/c1-20(8-5-6-15-32)28(35)25-17-22(29)13-14-26(25)30(27(28)34)18-21-9-7-12-24(16-21)31(19-33)23-10-3-2-4-11-23/h2-5,7-14,16-17,19-20,32,35H,6,15,18H2,1H3/b8-5+/t20-,28+/m0/s1. The van der Waals surface area contributed by atoms with Crippen LogP contribution >= 0.6 is 15.9 Å². The molecule has 3 aromatic rings. The lowest BCUT2D eigenvalue weighted by atomic mass is 9.83. The molecule has 35 heavy (non-hydrogen) atoms. The second-order valence-electron chi connectivity index (χ2n) is 8.53. The van der Waals surface area contributed by atoms with Crippen LogP contribution in [0.1, 0.15) is 24.5 Å². The van der Waals surface area contributed by atoms with Gasteiger partial charge in [-0.2, -0.15) is 0 Å². The number of carbonyl (C=O) groups is 2. The van der Waals surface area contributed by atoms with E-state index in [1.165, 1.54) is 0 Å². The summed E-state index contributed by atoms with van der Waals surface area (Å²) in [4.78, 5) is 28.7. The van der Waals surface area contributed by atoms with Gasteiger partial charge in [0.2, 0.25) is 6.41 Å². The molecule has 0 aromatic heterocycles. The zero-order valence-electron chi connectivity index (χ0n) is 19.3. The Balaban J connectivity index is 1.68. The number of rotatable bonds is 9. The Hall–Kier alpha value is -3.26. The maximum atomic E-state index is 13.7. The summed E-state index contributed by atoms with van der Waals surface area (Å²) in [5.74, 6) is -0.915. The molecule has 1 heterocycles. The van der Waals surface area contributed by atoms with E-state index >= 15 is 0 Å². The van der Waals surface area contributed by atoms with Crippen molar-refractivity contribution in [1.29, 1.82) is 0 Å². The van der Waals surface area contributed by atoms with Gasteiger partial charge in [-0.05, 0) is 54.4 Å². The molecule has 2 amide bonds. The number of anilines is 3. The minimum Gasteiger partial charge on any atom is -0.396 e. The SMILES string of the molecule is C[C@@H](/C=C/CCO)[C@]1(O)C(=O)N(Cc2cccc(N(C=O)c3ccccc3)c2)c2ccc(Br)cc21. The van der Waals surface area contributed by atoms with Gasteiger partial charge in [0.05, 0.1) is 12.2 Å². The highest BCUT2D eigenvalue weighted by Gasteiger charge is 2.52. The third-order valence-corrected chi connectivity index (χ3v) is 6.77. The Labute approximate surface area is 213 Å². The van der Waals surface area contributed by atoms with Gasteiger partial charge in [-0.15, -0.1) is 0 Å². The Bertz CT molecular complexity index is 1250. The lowest BCUT2D eigenvalue weighted by Crippen LogP contribution is -2.44. The van der Waals surface area contributed by atoms with Crippen molar-refractivity contribution >= 4 is 45.3 Å². The third kappa shape index (κ3) is 4.80. The highest BCUT2D eigenvalue weighted by atomic mass is 79.9. The quantitative estimate of drug-likeness (QED) is 0.297. The maximum absolute atomic E-state index is 13.7. The fourth-order valence-corrected chi connectivity index (χ4v) is 4.80. The average molecular weight is 535 g/mol. The van der Waals surface area contributed by atoms with Crippen LogP contribution in [0.5, 0.6) is 0 Å². The van der Waals surface area contributed by atoms with Gasteiger partial charge < -0.3 is 15.1 Å². The molecule has 0 spiro atoms. The first-order valence-corrected chi connectivity index (χ1v) is 12.2. The summed E-state index contributed by atoms with van der Waals surface area (Å²) in [5.41, 5.74) is 1.69. The number of aliphatic hydroxyl groups excluding tert-OH is 1. The van der Waals surface area contributed by atoms with Crippen LogP contribution in [0, 0.1) is 5.92 Å². The van der Waals surface area contributed by atoms with E-state index in [0.29, 0.717) is 23.4 Å². The first-order valence-electron chi connectivity index (χ1n) is 11.4. The van der Waals surface area contributed by atoms with Crippen LogP contribution < -0.4 is 9.80 Å². The average Bonchev–Trinajstić information content (AvgIpc) is 3.08. The van der Waals surface area contributed by atoms with E-state index in [1.807, 2.05) is 66.7 Å². The summed E-state index contributed by atoms with van der Waals surface area (Å²) in [6.07, 6.45) is 4.76. The molecule has 2 atom stereocenters. The van der Waals surface area contributed by atoms with Crippen molar-refractivity contribution in [3.63, 3.8) is 0 Å². The van der Waals surface area contributed by atoms with Crippen molar-refractivity contribution < 1.29 is 19.8 Å². The van der Waals surface area contributed by atoms with Crippen LogP contribution in [0.4, 0.5) is 17.1 Å². The second-order valence-corrected chi connectivity index (χ2v) is 9.44. The monoisotopic (exact) mass is 534 g/mol. The Morgan fingerprint density at radius 3 is 2.51 bits per heavy atom. The molecule has 0 radical (unpaired) electrons. The van der Waals surface area contributed by atoms with E-state index in [1.54, 1.807) is 34.9 Å². The summed E-state index contributed by atoms with van der Waals surface area (Å²) in [6.45, 7) is 2.03. The number of halogens is 1. The van der Waals surface area contributed by atoms with E-state index in [0.717, 1.165) is 22.1 Å². The van der Waals surface area contributed by atoms with E-state index in [-0.39, 0.29) is 13.2 Å². The summed E-state index contributed by atoms with van der Waals surface area (Å²) < 4.78 is 0.766. The minimum atomic E-state index is -1.73. The Kier molecular flexibility index (Phi) is 7.50. The van der Waals surface area contributed by atoms with Gasteiger partial charge in [0, 0.05) is 33.9 Å². The van der Waals surface area contributed by atoms with Crippen LogP contribution in [-0.2, 0) is 21.7 Å². The molecule has 4 rings (SSSR count). The normalized spacial score (nSPS) is 18.1. The van der Waals surface area contributed by atoms with Gasteiger partial charge in [0.25, 0.3) is 5.91 Å². The number of hydrogen-bond acceptors (Lipinski definition) is 4. The van der Waals surface area contributed by atoms with Gasteiger partial charge >= 0.3 is 0 Å². The fourth-order valence-electron chi connectivity index (χ4n) is 4.44. The van der Waals surface area contributed by atoms with E-state index < -0.39 is 17.4 Å². The van der Waals surface area contributed by atoms with Crippen molar-refractivity contribution in [2.75, 3.05) is 16.4 Å². The van der Waals surface area contributed by atoms with Crippen molar-refractivity contribution in [1.82, 2.24) is 0 Å². The van der Waals surface area contributed by atoms with Crippen molar-refractivity contribution in [3.8, 4) is 0 Å². The van der Waals surface area contributed by atoms with Gasteiger partial charge in [-0.1, -0.05) is 65.3 Å². The molecule has 0 aliphatic carbocycles. The molecule has 3 aromatic carbocycles. The number of para-hydroxylation sites is 1. The van der Waals surface area contributed by atoms with Crippen LogP contribution in [0.3, 0.4) is 0 Å². The van der Waals surface area contributed by atoms with Gasteiger partial charge in [0.1, 0.15) is 0 Å². The number of nitrogens with zero attached hydrogens (tertiary/aromatic N) is 2. The molecule has 0 unspecified atom stereocenters. The zero-order chi connectivity index (χ0) is 25.0. The molecule has 7 heteroatoms.